The Balaban J connectivity index is 1.29. The number of benzene rings is 2. The fraction of sp³-hybridized carbons (Fsp3) is 0.545. The zero-order valence-corrected chi connectivity index (χ0v) is 21.0. The lowest BCUT2D eigenvalue weighted by Crippen LogP contribution is -2.22. The van der Waals surface area contributed by atoms with E-state index in [0.29, 0.717) is 11.3 Å². The van der Waals surface area contributed by atoms with E-state index in [9.17, 15) is 0 Å². The summed E-state index contributed by atoms with van der Waals surface area (Å²) in [5, 5.41) is 0. The number of unbranched alkanes of at least 4 members (excludes halogenated alkanes) is 3. The van der Waals surface area contributed by atoms with Crippen molar-refractivity contribution in [2.75, 3.05) is 0 Å². The molecule has 4 unspecified atom stereocenters. The third kappa shape index (κ3) is 4.40. The molecule has 1 saturated carbocycles. The van der Waals surface area contributed by atoms with Gasteiger partial charge >= 0.3 is 0 Å². The second-order valence-corrected chi connectivity index (χ2v) is 11.3. The Labute approximate surface area is 202 Å². The summed E-state index contributed by atoms with van der Waals surface area (Å²) in [5.74, 6) is 2.33. The summed E-state index contributed by atoms with van der Waals surface area (Å²) in [6.45, 7) is 8.74. The van der Waals surface area contributed by atoms with E-state index in [4.69, 9.17) is 0 Å². The van der Waals surface area contributed by atoms with Crippen molar-refractivity contribution in [1.29, 1.82) is 0 Å². The van der Waals surface area contributed by atoms with Gasteiger partial charge < -0.3 is 0 Å². The van der Waals surface area contributed by atoms with Crippen LogP contribution in [-0.2, 0) is 18.3 Å². The zero-order valence-electron chi connectivity index (χ0n) is 21.0. The van der Waals surface area contributed by atoms with Crippen LogP contribution in [0.25, 0.3) is 0 Å². The van der Waals surface area contributed by atoms with E-state index in [1.54, 1.807) is 27.8 Å². The Morgan fingerprint density at radius 1 is 1.03 bits per heavy atom. The molecule has 3 aliphatic rings. The highest BCUT2D eigenvalue weighted by atomic mass is 14.7. The van der Waals surface area contributed by atoms with Crippen LogP contribution in [0.4, 0.5) is 0 Å². The van der Waals surface area contributed by atoms with Crippen molar-refractivity contribution in [2.24, 2.45) is 5.92 Å². The minimum Gasteiger partial charge on any atom is -0.130 e. The second kappa shape index (κ2) is 9.68. The van der Waals surface area contributed by atoms with Gasteiger partial charge in [0.25, 0.3) is 0 Å². The van der Waals surface area contributed by atoms with E-state index in [0.717, 1.165) is 11.8 Å². The van der Waals surface area contributed by atoms with Gasteiger partial charge in [-0.2, -0.15) is 0 Å². The highest BCUT2D eigenvalue weighted by Crippen LogP contribution is 2.71. The Morgan fingerprint density at radius 3 is 2.58 bits per heavy atom. The summed E-state index contributed by atoms with van der Waals surface area (Å²) >= 11 is 0. The maximum Gasteiger partial charge on any atom is 0.000295 e. The van der Waals surface area contributed by atoms with Gasteiger partial charge in [0.2, 0.25) is 0 Å². The topological polar surface area (TPSA) is 0 Å². The first kappa shape index (κ1) is 22.7. The third-order valence-corrected chi connectivity index (χ3v) is 9.28. The van der Waals surface area contributed by atoms with Gasteiger partial charge in [0.05, 0.1) is 0 Å². The van der Waals surface area contributed by atoms with E-state index < -0.39 is 0 Å². The summed E-state index contributed by atoms with van der Waals surface area (Å²) < 4.78 is 0. The van der Waals surface area contributed by atoms with Crippen molar-refractivity contribution in [3.05, 3.63) is 88.2 Å². The zero-order chi connectivity index (χ0) is 22.8. The van der Waals surface area contributed by atoms with Crippen LogP contribution in [0, 0.1) is 5.92 Å². The molecule has 1 fully saturated rings. The van der Waals surface area contributed by atoms with Crippen molar-refractivity contribution in [2.45, 2.75) is 108 Å². The van der Waals surface area contributed by atoms with Crippen molar-refractivity contribution in [1.82, 2.24) is 0 Å². The van der Waals surface area contributed by atoms with E-state index >= 15 is 0 Å². The van der Waals surface area contributed by atoms with Gasteiger partial charge in [-0.3, -0.25) is 0 Å². The van der Waals surface area contributed by atoms with Crippen LogP contribution in [0.1, 0.15) is 118 Å². The van der Waals surface area contributed by atoms with Crippen molar-refractivity contribution < 1.29 is 0 Å². The molecule has 0 radical (unpaired) electrons. The number of aryl methyl sites for hydroxylation is 1. The van der Waals surface area contributed by atoms with Gasteiger partial charge in [-0.25, -0.2) is 0 Å². The minimum atomic E-state index is 0.538. The van der Waals surface area contributed by atoms with E-state index in [1.807, 2.05) is 0 Å². The highest BCUT2D eigenvalue weighted by molar-refractivity contribution is 5.63. The molecule has 174 valence electrons. The molecule has 5 rings (SSSR count). The molecule has 4 atom stereocenters. The molecule has 0 amide bonds. The van der Waals surface area contributed by atoms with E-state index in [1.165, 1.54) is 82.6 Å². The van der Waals surface area contributed by atoms with Crippen molar-refractivity contribution in [3.8, 4) is 0 Å². The molecule has 0 aliphatic heterocycles. The Bertz CT molecular complexity index is 1020. The quantitative estimate of drug-likeness (QED) is 0.197. The predicted molar refractivity (Wildman–Crippen MR) is 141 cm³/mol. The number of rotatable bonds is 10. The molecule has 33 heavy (non-hydrogen) atoms. The summed E-state index contributed by atoms with van der Waals surface area (Å²) in [6, 6.07) is 16.4. The predicted octanol–water partition coefficient (Wildman–Crippen LogP) is 9.19. The maximum absolute atomic E-state index is 3.98. The first-order valence-electron chi connectivity index (χ1n) is 13.7. The van der Waals surface area contributed by atoms with Gasteiger partial charge in [-0.1, -0.05) is 82.2 Å². The lowest BCUT2D eigenvalue weighted by Gasteiger charge is -2.32. The van der Waals surface area contributed by atoms with Gasteiger partial charge in [0.15, 0.2) is 0 Å². The van der Waals surface area contributed by atoms with Crippen LogP contribution < -0.4 is 0 Å². The summed E-state index contributed by atoms with van der Waals surface area (Å²) in [4.78, 5) is 0. The number of hydrogen-bond donors (Lipinski definition) is 0. The average Bonchev–Trinajstić information content (AvgIpc) is 3.49. The molecular formula is C33H42. The van der Waals surface area contributed by atoms with Crippen LogP contribution in [0.3, 0.4) is 0 Å². The molecule has 0 heterocycles. The molecule has 3 aliphatic carbocycles. The first-order chi connectivity index (χ1) is 16.2. The standard InChI is InChI=1S/C33H42/c1-4-6-8-13-24(5-2)14-11-12-17-27-22-29-26(18-20-28(27)25-15-9-7-10-16-25)19-21-30-32(29)31-23-33(30,31)3/h7,9-10,15-16,19,21,27-28,31H,2,4,6,8,11-14,17-18,20,22-23H2,1,3H3. The third-order valence-electron chi connectivity index (χ3n) is 9.28. The summed E-state index contributed by atoms with van der Waals surface area (Å²) in [7, 11) is 0. The summed E-state index contributed by atoms with van der Waals surface area (Å²) in [5.41, 5.74) is 13.7. The maximum atomic E-state index is 3.98. The SMILES string of the molecule is C=C=C(CCCCC)CCCCC1Cc2c(ccc3c2C2CC32C)CCC1c1ccccc1. The molecule has 0 aromatic heterocycles. The highest BCUT2D eigenvalue weighted by Gasteiger charge is 2.62. The number of fused-ring (bicyclic) bond motifs is 6. The van der Waals surface area contributed by atoms with Crippen LogP contribution in [-0.4, -0.2) is 0 Å². The van der Waals surface area contributed by atoms with Gasteiger partial charge in [0.1, 0.15) is 0 Å². The minimum absolute atomic E-state index is 0.538. The molecule has 2 aromatic rings. The van der Waals surface area contributed by atoms with E-state index in [2.05, 4.69) is 68.6 Å². The molecular weight excluding hydrogens is 396 g/mol. The molecule has 0 spiro atoms. The second-order valence-electron chi connectivity index (χ2n) is 11.3. The Kier molecular flexibility index (Phi) is 6.67. The molecule has 0 N–H and O–H groups in total. The van der Waals surface area contributed by atoms with Crippen molar-refractivity contribution in [3.63, 3.8) is 0 Å². The molecule has 2 aromatic carbocycles. The molecule has 0 bridgehead atoms. The Morgan fingerprint density at radius 2 is 1.82 bits per heavy atom. The molecule has 0 nitrogen and oxygen atoms in total. The van der Waals surface area contributed by atoms with Gasteiger partial charge in [0, 0.05) is 5.41 Å². The number of hydrogen-bond acceptors (Lipinski definition) is 0. The number of allylic oxidation sites excluding steroid dienone is 1. The van der Waals surface area contributed by atoms with E-state index in [-0.39, 0.29) is 0 Å². The monoisotopic (exact) mass is 438 g/mol. The fourth-order valence-electron chi connectivity index (χ4n) is 7.12. The van der Waals surface area contributed by atoms with Crippen LogP contribution in [0.15, 0.2) is 60.3 Å². The summed E-state index contributed by atoms with van der Waals surface area (Å²) in [6.07, 6.45) is 15.6. The van der Waals surface area contributed by atoms with Crippen molar-refractivity contribution >= 4 is 0 Å². The fourth-order valence-corrected chi connectivity index (χ4v) is 7.12. The van der Waals surface area contributed by atoms with Gasteiger partial charge in [-0.05, 0) is 109 Å². The first-order valence-corrected chi connectivity index (χ1v) is 13.7. The lowest BCUT2D eigenvalue weighted by molar-refractivity contribution is 0.370. The largest absolute Gasteiger partial charge is 0.130 e. The Hall–Kier alpha value is -2.04. The lowest BCUT2D eigenvalue weighted by atomic mass is 9.72. The van der Waals surface area contributed by atoms with Crippen LogP contribution in [0.5, 0.6) is 0 Å². The van der Waals surface area contributed by atoms with Gasteiger partial charge in [-0.15, -0.1) is 5.73 Å². The normalized spacial score (nSPS) is 26.8. The van der Waals surface area contributed by atoms with Crippen LogP contribution in [0.2, 0.25) is 0 Å². The molecule has 0 saturated heterocycles. The average molecular weight is 439 g/mol. The smallest absolute Gasteiger partial charge is 0.000295 e. The van der Waals surface area contributed by atoms with Crippen LogP contribution >= 0.6 is 0 Å². The molecule has 0 heteroatoms.